The minimum Gasteiger partial charge on any atom is -0.550 e. The van der Waals surface area contributed by atoms with Crippen molar-refractivity contribution >= 4 is 34.2 Å². The van der Waals surface area contributed by atoms with Gasteiger partial charge < -0.3 is 20.0 Å². The van der Waals surface area contributed by atoms with Crippen molar-refractivity contribution in [1.29, 1.82) is 0 Å². The molecule has 2 aromatic rings. The number of benzene rings is 1. The Hall–Kier alpha value is -2.67. The Kier molecular flexibility index (Phi) is 6.37. The van der Waals surface area contributed by atoms with E-state index in [2.05, 4.69) is 5.32 Å². The number of methoxy groups -OCH3 is 1. The smallest absolute Gasteiger partial charge is 0.341 e. The monoisotopic (exact) mass is 414 g/mol. The highest BCUT2D eigenvalue weighted by Gasteiger charge is 2.33. The van der Waals surface area contributed by atoms with E-state index in [0.717, 1.165) is 29.5 Å². The topological polar surface area (TPSA) is 95.5 Å². The summed E-state index contributed by atoms with van der Waals surface area (Å²) in [5.41, 5.74) is 3.93. The van der Waals surface area contributed by atoms with Crippen LogP contribution in [0.1, 0.15) is 47.2 Å². The van der Waals surface area contributed by atoms with Gasteiger partial charge in [0.25, 0.3) is 0 Å². The van der Waals surface area contributed by atoms with E-state index in [0.29, 0.717) is 29.0 Å². The number of esters is 1. The van der Waals surface area contributed by atoms with Gasteiger partial charge in [0, 0.05) is 28.7 Å². The summed E-state index contributed by atoms with van der Waals surface area (Å²) in [6.45, 7) is 3.93. The molecular weight excluding hydrogens is 390 g/mol. The van der Waals surface area contributed by atoms with E-state index < -0.39 is 29.7 Å². The number of carbonyl (C=O) groups excluding carboxylic acids is 3. The number of anilines is 1. The zero-order valence-corrected chi connectivity index (χ0v) is 17.6. The number of aryl methyl sites for hydroxylation is 2. The largest absolute Gasteiger partial charge is 0.550 e. The average molecular weight is 415 g/mol. The van der Waals surface area contributed by atoms with Crippen LogP contribution in [0, 0.1) is 25.7 Å². The first-order valence-electron chi connectivity index (χ1n) is 9.62. The summed E-state index contributed by atoms with van der Waals surface area (Å²) in [5, 5.41) is 16.4. The van der Waals surface area contributed by atoms with E-state index in [9.17, 15) is 19.5 Å². The second-order valence-electron chi connectivity index (χ2n) is 7.47. The van der Waals surface area contributed by atoms with E-state index in [-0.39, 0.29) is 0 Å². The van der Waals surface area contributed by atoms with Crippen LogP contribution in [-0.4, -0.2) is 25.0 Å². The van der Waals surface area contributed by atoms with Gasteiger partial charge >= 0.3 is 5.97 Å². The molecule has 0 saturated heterocycles. The number of thiophene rings is 1. The molecule has 1 heterocycles. The molecule has 1 aliphatic rings. The molecule has 0 spiro atoms. The number of carbonyl (C=O) groups is 3. The maximum atomic E-state index is 12.9. The maximum absolute atomic E-state index is 12.9. The summed E-state index contributed by atoms with van der Waals surface area (Å²) in [6.07, 6.45) is 2.49. The van der Waals surface area contributed by atoms with Crippen LogP contribution in [0.4, 0.5) is 5.00 Å². The van der Waals surface area contributed by atoms with Gasteiger partial charge in [-0.05, 0) is 37.8 Å². The van der Waals surface area contributed by atoms with E-state index in [1.165, 1.54) is 18.4 Å². The molecule has 7 heteroatoms. The summed E-state index contributed by atoms with van der Waals surface area (Å²) in [5.74, 6) is -3.59. The van der Waals surface area contributed by atoms with Crippen LogP contribution in [0.3, 0.4) is 0 Å². The number of hydrogen-bond donors (Lipinski definition) is 1. The van der Waals surface area contributed by atoms with Gasteiger partial charge in [0.05, 0.1) is 7.11 Å². The van der Waals surface area contributed by atoms with Gasteiger partial charge in [0.2, 0.25) is 5.91 Å². The molecule has 1 amide bonds. The first-order chi connectivity index (χ1) is 13.8. The molecule has 2 atom stereocenters. The number of nitrogens with one attached hydrogen (secondary N) is 1. The van der Waals surface area contributed by atoms with Crippen molar-refractivity contribution < 1.29 is 24.2 Å². The quantitative estimate of drug-likeness (QED) is 0.758. The van der Waals surface area contributed by atoms with Crippen LogP contribution >= 0.6 is 11.3 Å². The average Bonchev–Trinajstić information content (AvgIpc) is 3.12. The minimum atomic E-state index is -1.19. The highest BCUT2D eigenvalue weighted by molar-refractivity contribution is 7.15. The van der Waals surface area contributed by atoms with Crippen LogP contribution in [0.25, 0.3) is 11.1 Å². The predicted molar refractivity (Wildman–Crippen MR) is 110 cm³/mol. The lowest BCUT2D eigenvalue weighted by Gasteiger charge is -2.31. The molecule has 1 aromatic carbocycles. The third kappa shape index (κ3) is 4.34. The van der Waals surface area contributed by atoms with Crippen molar-refractivity contribution in [3.05, 3.63) is 40.3 Å². The summed E-state index contributed by atoms with van der Waals surface area (Å²) < 4.78 is 4.97. The fourth-order valence-corrected chi connectivity index (χ4v) is 4.86. The second-order valence-corrected chi connectivity index (χ2v) is 8.35. The van der Waals surface area contributed by atoms with Crippen LogP contribution in [0.2, 0.25) is 0 Å². The Bertz CT molecular complexity index is 949. The van der Waals surface area contributed by atoms with Crippen LogP contribution in [0.5, 0.6) is 0 Å². The first kappa shape index (κ1) is 21.0. The van der Waals surface area contributed by atoms with Gasteiger partial charge in [0.15, 0.2) is 0 Å². The summed E-state index contributed by atoms with van der Waals surface area (Å²) in [4.78, 5) is 36.8. The lowest BCUT2D eigenvalue weighted by molar-refractivity contribution is -0.313. The third-order valence-corrected chi connectivity index (χ3v) is 6.40. The molecule has 1 aromatic heterocycles. The maximum Gasteiger partial charge on any atom is 0.341 e. The van der Waals surface area contributed by atoms with Gasteiger partial charge in [-0.3, -0.25) is 4.79 Å². The molecular formula is C22H24NO5S-. The molecule has 1 aliphatic carbocycles. The lowest BCUT2D eigenvalue weighted by atomic mass is 9.78. The fraction of sp³-hybridized carbons (Fsp3) is 0.409. The molecule has 0 radical (unpaired) electrons. The molecule has 1 N–H and O–H groups in total. The van der Waals surface area contributed by atoms with Crippen LogP contribution < -0.4 is 10.4 Å². The van der Waals surface area contributed by atoms with E-state index in [4.69, 9.17) is 4.74 Å². The van der Waals surface area contributed by atoms with Crippen molar-refractivity contribution in [1.82, 2.24) is 0 Å². The molecule has 1 fully saturated rings. The highest BCUT2D eigenvalue weighted by Crippen LogP contribution is 2.39. The Morgan fingerprint density at radius 3 is 2.45 bits per heavy atom. The van der Waals surface area contributed by atoms with Crippen LogP contribution in [0.15, 0.2) is 23.6 Å². The molecule has 0 unspecified atom stereocenters. The van der Waals surface area contributed by atoms with Crippen LogP contribution in [-0.2, 0) is 14.3 Å². The predicted octanol–water partition coefficient (Wildman–Crippen LogP) is 3.31. The number of ether oxygens (including phenoxy) is 1. The Morgan fingerprint density at radius 1 is 1.10 bits per heavy atom. The molecule has 3 rings (SSSR count). The van der Waals surface area contributed by atoms with Gasteiger partial charge in [-0.15, -0.1) is 11.3 Å². The zero-order chi connectivity index (χ0) is 21.1. The Morgan fingerprint density at radius 2 is 1.79 bits per heavy atom. The number of carboxylic acids is 1. The number of carboxylic acid groups (broad SMARTS) is 1. The van der Waals surface area contributed by atoms with Gasteiger partial charge in [-0.25, -0.2) is 4.79 Å². The second kappa shape index (κ2) is 8.78. The standard InChI is InChI=1S/C22H25NO5S/c1-12-8-9-13(2)16(10-12)17-11-29-20(18(17)22(27)28-3)23-19(24)14-6-4-5-7-15(14)21(25)26/h8-11,14-15H,4-7H2,1-3H3,(H,23,24)(H,25,26)/p-1/t14-,15+/m0/s1. The minimum absolute atomic E-state index is 0.292. The molecule has 154 valence electrons. The third-order valence-electron chi connectivity index (χ3n) is 5.51. The van der Waals surface area contributed by atoms with Crippen molar-refractivity contribution in [3.63, 3.8) is 0 Å². The van der Waals surface area contributed by atoms with E-state index >= 15 is 0 Å². The van der Waals surface area contributed by atoms with Crippen molar-refractivity contribution in [3.8, 4) is 11.1 Å². The van der Waals surface area contributed by atoms with E-state index in [1.54, 1.807) is 0 Å². The molecule has 1 saturated carbocycles. The number of amides is 1. The number of hydrogen-bond acceptors (Lipinski definition) is 6. The van der Waals surface area contributed by atoms with Gasteiger partial charge in [-0.2, -0.15) is 0 Å². The van der Waals surface area contributed by atoms with Crippen molar-refractivity contribution in [2.75, 3.05) is 12.4 Å². The Balaban J connectivity index is 1.97. The SMILES string of the molecule is COC(=O)c1c(-c2cc(C)ccc2C)csc1NC(=O)[C@H]1CCCC[C@H]1C(=O)[O-]. The number of aliphatic carboxylic acids is 1. The van der Waals surface area contributed by atoms with E-state index in [1.807, 2.05) is 37.4 Å². The molecule has 6 nitrogen and oxygen atoms in total. The molecule has 0 aliphatic heterocycles. The number of rotatable bonds is 5. The fourth-order valence-electron chi connectivity index (χ4n) is 3.91. The molecule has 29 heavy (non-hydrogen) atoms. The Labute approximate surface area is 173 Å². The zero-order valence-electron chi connectivity index (χ0n) is 16.7. The lowest BCUT2D eigenvalue weighted by Crippen LogP contribution is -2.42. The highest BCUT2D eigenvalue weighted by atomic mass is 32.1. The summed E-state index contributed by atoms with van der Waals surface area (Å²) in [6, 6.07) is 5.96. The molecule has 0 bridgehead atoms. The van der Waals surface area contributed by atoms with Gasteiger partial charge in [-0.1, -0.05) is 36.6 Å². The van der Waals surface area contributed by atoms with Crippen molar-refractivity contribution in [2.24, 2.45) is 11.8 Å². The summed E-state index contributed by atoms with van der Waals surface area (Å²) >= 11 is 1.24. The van der Waals surface area contributed by atoms with Gasteiger partial charge in [0.1, 0.15) is 10.6 Å². The normalized spacial score (nSPS) is 18.9. The van der Waals surface area contributed by atoms with Crippen molar-refractivity contribution in [2.45, 2.75) is 39.5 Å². The first-order valence-corrected chi connectivity index (χ1v) is 10.5. The summed E-state index contributed by atoms with van der Waals surface area (Å²) in [7, 11) is 1.30.